The highest BCUT2D eigenvalue weighted by Crippen LogP contribution is 2.54. The van der Waals surface area contributed by atoms with Crippen LogP contribution in [0.3, 0.4) is 0 Å². The smallest absolute Gasteiger partial charge is 0.234 e. The molecule has 67 heavy (non-hydrogen) atoms. The predicted octanol–water partition coefficient (Wildman–Crippen LogP) is 14.8. The Labute approximate surface area is 380 Å². The van der Waals surface area contributed by atoms with E-state index in [2.05, 4.69) is 0 Å². The van der Waals surface area contributed by atoms with E-state index >= 15 is 16.8 Å². The Morgan fingerprint density at radius 2 is 0.731 bits per heavy atom. The quantitative estimate of drug-likeness (QED) is 0.101. The zero-order valence-corrected chi connectivity index (χ0v) is 38.4. The number of benzene rings is 6. The molecule has 0 N–H and O–H groups in total. The topological polar surface area (TPSA) is 68.3 Å². The molecule has 4 nitrogen and oxygen atoms in total. The Morgan fingerprint density at radius 3 is 1.03 bits per heavy atom. The third-order valence-corrected chi connectivity index (χ3v) is 31.6. The van der Waals surface area contributed by atoms with Gasteiger partial charge in [-0.3, -0.25) is 0 Å². The highest BCUT2D eigenvalue weighted by atomic mass is 32.6. The van der Waals surface area contributed by atoms with Gasteiger partial charge in [-0.1, -0.05) is 132 Å². The van der Waals surface area contributed by atoms with E-state index in [1.54, 1.807) is 97.1 Å². The van der Waals surface area contributed by atoms with Crippen LogP contribution in [0.2, 0.25) is 13.1 Å². The molecule has 0 aromatic heterocycles. The monoisotopic (exact) mass is 984 g/mol. The van der Waals surface area contributed by atoms with Gasteiger partial charge in [0.05, 0.1) is 0 Å². The maximum atomic E-state index is 15.4. The van der Waals surface area contributed by atoms with Gasteiger partial charge in [-0.25, -0.2) is 16.8 Å². The van der Waals surface area contributed by atoms with Gasteiger partial charge in [0.25, 0.3) is 0 Å². The molecule has 0 saturated carbocycles. The number of halogens is 10. The van der Waals surface area contributed by atoms with E-state index in [0.29, 0.717) is 68.8 Å². The zero-order valence-electron chi connectivity index (χ0n) is 35.7. The third-order valence-electron chi connectivity index (χ3n) is 12.6. The van der Waals surface area contributed by atoms with Gasteiger partial charge in [-0.05, 0) is 118 Å². The molecule has 0 radical (unpaired) electrons. The molecular weight excluding hydrogens is 947 g/mol. The molecule has 0 amide bonds. The minimum absolute atomic E-state index is 0.182. The van der Waals surface area contributed by atoms with Crippen molar-refractivity contribution in [2.45, 2.75) is 61.6 Å². The second-order valence-electron chi connectivity index (χ2n) is 17.1. The van der Waals surface area contributed by atoms with Crippen molar-refractivity contribution in [2.24, 2.45) is 0 Å². The van der Waals surface area contributed by atoms with Crippen molar-refractivity contribution in [2.75, 3.05) is 0 Å². The van der Waals surface area contributed by atoms with Crippen molar-refractivity contribution in [3.63, 3.8) is 0 Å². The van der Waals surface area contributed by atoms with Gasteiger partial charge in [-0.15, -0.1) is 0 Å². The molecule has 17 heteroatoms. The molecule has 348 valence electrons. The van der Waals surface area contributed by atoms with Crippen molar-refractivity contribution in [1.29, 1.82) is 0 Å². The summed E-state index contributed by atoms with van der Waals surface area (Å²) in [6.45, 7) is 5.47. The van der Waals surface area contributed by atoms with Crippen molar-refractivity contribution in [1.82, 2.24) is 0 Å². The Hall–Kier alpha value is -5.78. The standard InChI is InChI=1S/C50H38F10O4S2Si/c1-29-23-41-39(33-15-19-37(20-16-33)47(51,52)49(55,56)57)25-35(31-11-7-5-8-12-31)27-43(41)45(29)65(61,62)67(3,4)66(63,64)46-30(2)24-42-40(26-36(28-44(42)46)32-13-9-6-10-14-32)34-17-21-38(22-18-34)48(53,54)50(58,59)60/h5-28,45-46H,1-4H3. The maximum absolute atomic E-state index is 15.4. The summed E-state index contributed by atoms with van der Waals surface area (Å²) in [5, 5.41) is -3.06. The van der Waals surface area contributed by atoms with Crippen LogP contribution < -0.4 is 0 Å². The fourth-order valence-electron chi connectivity index (χ4n) is 8.88. The summed E-state index contributed by atoms with van der Waals surface area (Å²) >= 11 is 0. The average molecular weight is 985 g/mol. The molecule has 6 aromatic carbocycles. The average Bonchev–Trinajstić information content (AvgIpc) is 3.81. The minimum atomic E-state index is -5.86. The van der Waals surface area contributed by atoms with E-state index < -0.39 is 70.8 Å². The Bertz CT molecular complexity index is 3000. The molecule has 0 aliphatic heterocycles. The van der Waals surface area contributed by atoms with Crippen LogP contribution in [0.15, 0.2) is 145 Å². The second kappa shape index (κ2) is 16.2. The molecule has 2 aliphatic rings. The summed E-state index contributed by atoms with van der Waals surface area (Å²) < 4.78 is 199. The van der Waals surface area contributed by atoms with Crippen molar-refractivity contribution >= 4 is 37.1 Å². The zero-order chi connectivity index (χ0) is 48.9. The molecule has 0 fully saturated rings. The number of fused-ring (bicyclic) bond motifs is 2. The van der Waals surface area contributed by atoms with Crippen LogP contribution in [0.5, 0.6) is 0 Å². The number of alkyl halides is 10. The Balaban J connectivity index is 1.25. The summed E-state index contributed by atoms with van der Waals surface area (Å²) in [6.07, 6.45) is -13.3. The van der Waals surface area contributed by atoms with Crippen molar-refractivity contribution < 1.29 is 60.7 Å². The van der Waals surface area contributed by atoms with E-state index in [9.17, 15) is 43.9 Å². The van der Waals surface area contributed by atoms with Crippen LogP contribution >= 0.6 is 0 Å². The van der Waals surface area contributed by atoms with Crippen LogP contribution in [0.1, 0.15) is 57.7 Å². The highest BCUT2D eigenvalue weighted by molar-refractivity contribution is 8.51. The van der Waals surface area contributed by atoms with Crippen molar-refractivity contribution in [3.8, 4) is 44.5 Å². The summed E-state index contributed by atoms with van der Waals surface area (Å²) in [5.41, 5.74) is 1.99. The lowest BCUT2D eigenvalue weighted by atomic mass is 9.91. The van der Waals surface area contributed by atoms with Crippen molar-refractivity contribution in [3.05, 3.63) is 178 Å². The largest absolute Gasteiger partial charge is 0.458 e. The Morgan fingerprint density at radius 1 is 0.418 bits per heavy atom. The van der Waals surface area contributed by atoms with E-state index in [-0.39, 0.29) is 33.4 Å². The molecule has 8 rings (SSSR count). The SMILES string of the molecule is CC1=Cc2c(-c3ccc(C(F)(F)C(F)(F)F)cc3)cc(-c3ccccc3)cc2C1S(=O)(=O)[Si](C)(C)S(=O)(=O)C1C(C)=Cc2c(-c3ccc(C(F)(F)C(F)(F)F)cc3)cc(-c3ccccc3)cc21. The lowest BCUT2D eigenvalue weighted by Gasteiger charge is -2.31. The summed E-state index contributed by atoms with van der Waals surface area (Å²) in [4.78, 5) is 0. The summed E-state index contributed by atoms with van der Waals surface area (Å²) in [5.74, 6) is -10.3. The third kappa shape index (κ3) is 7.76. The van der Waals surface area contributed by atoms with Gasteiger partial charge >= 0.3 is 30.6 Å². The molecular formula is C50H38F10O4S2Si. The van der Waals surface area contributed by atoms with Gasteiger partial charge in [0.1, 0.15) is 29.1 Å². The van der Waals surface area contributed by atoms with Gasteiger partial charge in [-0.2, -0.15) is 43.9 Å². The molecule has 0 saturated heterocycles. The molecule has 2 atom stereocenters. The van der Waals surface area contributed by atoms with Crippen LogP contribution in [-0.2, 0) is 30.4 Å². The fourth-order valence-corrected chi connectivity index (χ4v) is 23.4. The molecule has 0 heterocycles. The predicted molar refractivity (Wildman–Crippen MR) is 243 cm³/mol. The molecule has 0 bridgehead atoms. The lowest BCUT2D eigenvalue weighted by Crippen LogP contribution is -2.50. The minimum Gasteiger partial charge on any atom is -0.234 e. The molecule has 2 unspecified atom stereocenters. The maximum Gasteiger partial charge on any atom is 0.458 e. The first-order valence-electron chi connectivity index (χ1n) is 20.5. The summed E-state index contributed by atoms with van der Waals surface area (Å²) in [6, 6.07) is 30.8. The normalized spacial score (nSPS) is 16.9. The van der Waals surface area contributed by atoms with Gasteiger partial charge < -0.3 is 0 Å². The second-order valence-corrected chi connectivity index (χ2v) is 33.3. The first-order chi connectivity index (χ1) is 31.1. The van der Waals surface area contributed by atoms with E-state index in [1.807, 2.05) is 0 Å². The fraction of sp³-hybridized carbons (Fsp3) is 0.200. The van der Waals surface area contributed by atoms with Crippen LogP contribution in [-0.4, -0.2) is 35.6 Å². The van der Waals surface area contributed by atoms with Crippen LogP contribution in [0.4, 0.5) is 43.9 Å². The summed E-state index contributed by atoms with van der Waals surface area (Å²) in [7, 11) is -9.50. The molecule has 0 spiro atoms. The first-order valence-corrected chi connectivity index (χ1v) is 28.1. The van der Waals surface area contributed by atoms with Gasteiger partial charge in [0, 0.05) is 11.1 Å². The first kappa shape index (κ1) is 47.7. The van der Waals surface area contributed by atoms with E-state index in [4.69, 9.17) is 0 Å². The van der Waals surface area contributed by atoms with Gasteiger partial charge in [0.2, 0.25) is 0 Å². The number of hydrogen-bond acceptors (Lipinski definition) is 4. The molecule has 6 aromatic rings. The van der Waals surface area contributed by atoms with Crippen LogP contribution in [0, 0.1) is 0 Å². The van der Waals surface area contributed by atoms with E-state index in [0.717, 1.165) is 24.3 Å². The van der Waals surface area contributed by atoms with Crippen LogP contribution in [0.25, 0.3) is 56.7 Å². The highest BCUT2D eigenvalue weighted by Gasteiger charge is 2.61. The lowest BCUT2D eigenvalue weighted by molar-refractivity contribution is -0.289. The Kier molecular flexibility index (Phi) is 11.5. The van der Waals surface area contributed by atoms with E-state index in [1.165, 1.54) is 26.9 Å². The number of hydrogen-bond donors (Lipinski definition) is 0. The molecule has 2 aliphatic carbocycles. The number of rotatable bonds is 10. The van der Waals surface area contributed by atoms with Gasteiger partial charge in [0.15, 0.2) is 0 Å².